The Hall–Kier alpha value is -0.610. The van der Waals surface area contributed by atoms with Gasteiger partial charge in [0.2, 0.25) is 0 Å². The average molecular weight is 496 g/mol. The highest BCUT2D eigenvalue weighted by Crippen LogP contribution is 2.25. The minimum Gasteiger partial charge on any atom is -0.460 e. The number of rotatable bonds is 23. The van der Waals surface area contributed by atoms with E-state index < -0.39 is 0 Å². The van der Waals surface area contributed by atoms with Crippen molar-refractivity contribution in [2.45, 2.75) is 174 Å². The van der Waals surface area contributed by atoms with Crippen molar-refractivity contribution in [3.63, 3.8) is 0 Å². The molecule has 0 radical (unpaired) electrons. The lowest BCUT2D eigenvalue weighted by Crippen LogP contribution is -2.57. The number of β-amino-alcohol motifs (C(OH)–C–C–N with tert-alkyl or cyclic N) is 1. The van der Waals surface area contributed by atoms with E-state index in [1.165, 1.54) is 96.3 Å². The van der Waals surface area contributed by atoms with Gasteiger partial charge in [0, 0.05) is 13.1 Å². The summed E-state index contributed by atoms with van der Waals surface area (Å²) in [6.07, 6.45) is 24.5. The van der Waals surface area contributed by atoms with Gasteiger partial charge in [0.1, 0.15) is 12.1 Å². The molecule has 1 heterocycles. The molecule has 4 unspecified atom stereocenters. The molecule has 4 nitrogen and oxygen atoms in total. The smallest absolute Gasteiger partial charge is 0.323 e. The molecule has 1 N–H and O–H groups in total. The lowest BCUT2D eigenvalue weighted by Gasteiger charge is -2.41. The molecule has 4 heteroatoms. The summed E-state index contributed by atoms with van der Waals surface area (Å²) in [5, 5.41) is 10.8. The second kappa shape index (κ2) is 21.5. The number of carbonyl (C=O) groups excluding carboxylic acids is 1. The highest BCUT2D eigenvalue weighted by Gasteiger charge is 2.39. The maximum Gasteiger partial charge on any atom is 0.323 e. The number of esters is 1. The van der Waals surface area contributed by atoms with E-state index in [9.17, 15) is 9.90 Å². The molecule has 35 heavy (non-hydrogen) atoms. The SMILES string of the molecule is CCCCCCCCCCCC(O)CN1CC(CCCCCCCCCC)OC(=O)C1C(C)CC. The fraction of sp³-hybridized carbons (Fsp3) is 0.968. The summed E-state index contributed by atoms with van der Waals surface area (Å²) < 4.78 is 5.89. The van der Waals surface area contributed by atoms with Crippen LogP contribution in [-0.4, -0.2) is 47.3 Å². The van der Waals surface area contributed by atoms with E-state index in [1.807, 2.05) is 0 Å². The topological polar surface area (TPSA) is 49.8 Å². The third kappa shape index (κ3) is 15.3. The van der Waals surface area contributed by atoms with E-state index in [0.29, 0.717) is 6.54 Å². The molecule has 0 aromatic heterocycles. The van der Waals surface area contributed by atoms with Crippen molar-refractivity contribution in [3.05, 3.63) is 0 Å². The summed E-state index contributed by atoms with van der Waals surface area (Å²) in [6, 6.07) is -0.201. The van der Waals surface area contributed by atoms with Crippen molar-refractivity contribution in [2.24, 2.45) is 5.92 Å². The van der Waals surface area contributed by atoms with Gasteiger partial charge in [-0.05, 0) is 25.2 Å². The zero-order valence-electron chi connectivity index (χ0n) is 24.1. The van der Waals surface area contributed by atoms with Crippen LogP contribution in [0, 0.1) is 5.92 Å². The normalized spacial score (nSPS) is 20.7. The fourth-order valence-electron chi connectivity index (χ4n) is 5.51. The number of nitrogens with zero attached hydrogens (tertiary/aromatic N) is 1. The Labute approximate surface area is 219 Å². The van der Waals surface area contributed by atoms with E-state index in [4.69, 9.17) is 4.74 Å². The lowest BCUT2D eigenvalue weighted by molar-refractivity contribution is -0.171. The van der Waals surface area contributed by atoms with Gasteiger partial charge in [0.15, 0.2) is 0 Å². The number of ether oxygens (including phenoxy) is 1. The van der Waals surface area contributed by atoms with E-state index in [0.717, 1.165) is 38.6 Å². The van der Waals surface area contributed by atoms with E-state index in [2.05, 4.69) is 32.6 Å². The number of carbonyl (C=O) groups is 1. The second-order valence-electron chi connectivity index (χ2n) is 11.4. The monoisotopic (exact) mass is 495 g/mol. The molecule has 1 rings (SSSR count). The molecule has 0 aliphatic carbocycles. The van der Waals surface area contributed by atoms with Crippen LogP contribution in [0.4, 0.5) is 0 Å². The Balaban J connectivity index is 2.34. The molecule has 0 bridgehead atoms. The average Bonchev–Trinajstić information content (AvgIpc) is 2.84. The third-order valence-corrected chi connectivity index (χ3v) is 8.00. The van der Waals surface area contributed by atoms with Crippen LogP contribution >= 0.6 is 0 Å². The van der Waals surface area contributed by atoms with Crippen molar-refractivity contribution < 1.29 is 14.6 Å². The predicted molar refractivity (Wildman–Crippen MR) is 150 cm³/mol. The zero-order chi connectivity index (χ0) is 25.7. The molecule has 0 aromatic rings. The number of morpholine rings is 1. The quantitative estimate of drug-likeness (QED) is 0.114. The van der Waals surface area contributed by atoms with Gasteiger partial charge in [-0.15, -0.1) is 0 Å². The molecule has 4 atom stereocenters. The lowest BCUT2D eigenvalue weighted by atomic mass is 9.94. The van der Waals surface area contributed by atoms with Crippen molar-refractivity contribution in [2.75, 3.05) is 13.1 Å². The first-order valence-electron chi connectivity index (χ1n) is 15.7. The van der Waals surface area contributed by atoms with Crippen molar-refractivity contribution in [3.8, 4) is 0 Å². The van der Waals surface area contributed by atoms with Gasteiger partial charge in [0.05, 0.1) is 6.10 Å². The minimum atomic E-state index is -0.346. The molecular weight excluding hydrogens is 434 g/mol. The van der Waals surface area contributed by atoms with Gasteiger partial charge in [-0.2, -0.15) is 0 Å². The van der Waals surface area contributed by atoms with Gasteiger partial charge in [-0.1, -0.05) is 137 Å². The van der Waals surface area contributed by atoms with E-state index >= 15 is 0 Å². The van der Waals surface area contributed by atoms with Crippen LogP contribution in [0.2, 0.25) is 0 Å². The number of aliphatic hydroxyl groups is 1. The van der Waals surface area contributed by atoms with Gasteiger partial charge in [0.25, 0.3) is 0 Å². The number of hydrogen-bond acceptors (Lipinski definition) is 4. The Morgan fingerprint density at radius 1 is 0.800 bits per heavy atom. The summed E-state index contributed by atoms with van der Waals surface area (Å²) in [5.74, 6) is 0.192. The first-order valence-corrected chi connectivity index (χ1v) is 15.7. The van der Waals surface area contributed by atoms with E-state index in [1.54, 1.807) is 0 Å². The molecular formula is C31H61NO3. The third-order valence-electron chi connectivity index (χ3n) is 8.00. The first-order chi connectivity index (χ1) is 17.0. The molecule has 0 spiro atoms. The van der Waals surface area contributed by atoms with Gasteiger partial charge < -0.3 is 9.84 Å². The summed E-state index contributed by atoms with van der Waals surface area (Å²) >= 11 is 0. The Morgan fingerprint density at radius 3 is 1.80 bits per heavy atom. The molecule has 0 saturated carbocycles. The second-order valence-corrected chi connectivity index (χ2v) is 11.4. The molecule has 0 amide bonds. The van der Waals surface area contributed by atoms with Crippen molar-refractivity contribution in [1.29, 1.82) is 0 Å². The Kier molecular flexibility index (Phi) is 19.9. The number of cyclic esters (lactones) is 1. The van der Waals surface area contributed by atoms with Crippen LogP contribution in [0.5, 0.6) is 0 Å². The maximum absolute atomic E-state index is 12.9. The zero-order valence-corrected chi connectivity index (χ0v) is 24.1. The standard InChI is InChI=1S/C31H61NO3/c1-5-8-10-12-14-16-17-19-21-23-28(33)25-32-26-29(35-31(34)30(32)27(4)7-3)24-22-20-18-15-13-11-9-6-2/h27-30,33H,5-26H2,1-4H3. The highest BCUT2D eigenvalue weighted by molar-refractivity contribution is 5.77. The van der Waals surface area contributed by atoms with Crippen molar-refractivity contribution >= 4 is 5.97 Å². The van der Waals surface area contributed by atoms with E-state index in [-0.39, 0.29) is 30.1 Å². The largest absolute Gasteiger partial charge is 0.460 e. The van der Waals surface area contributed by atoms with Crippen LogP contribution in [0.1, 0.15) is 156 Å². The van der Waals surface area contributed by atoms with Crippen LogP contribution in [0.25, 0.3) is 0 Å². The number of hydrogen-bond donors (Lipinski definition) is 1. The highest BCUT2D eigenvalue weighted by atomic mass is 16.5. The Bertz CT molecular complexity index is 498. The van der Waals surface area contributed by atoms with Crippen LogP contribution < -0.4 is 0 Å². The summed E-state index contributed by atoms with van der Waals surface area (Å²) in [7, 11) is 0. The predicted octanol–water partition coefficient (Wildman–Crippen LogP) is 8.44. The van der Waals surface area contributed by atoms with Gasteiger partial charge in [-0.25, -0.2) is 0 Å². The summed E-state index contributed by atoms with van der Waals surface area (Å²) in [4.78, 5) is 15.2. The van der Waals surface area contributed by atoms with Crippen LogP contribution in [0.3, 0.4) is 0 Å². The number of aliphatic hydroxyl groups excluding tert-OH is 1. The molecule has 1 fully saturated rings. The number of unbranched alkanes of at least 4 members (excludes halogenated alkanes) is 15. The van der Waals surface area contributed by atoms with Crippen LogP contribution in [0.15, 0.2) is 0 Å². The van der Waals surface area contributed by atoms with Gasteiger partial charge >= 0.3 is 5.97 Å². The van der Waals surface area contributed by atoms with Gasteiger partial charge in [-0.3, -0.25) is 9.69 Å². The molecule has 1 saturated heterocycles. The molecule has 1 aliphatic heterocycles. The van der Waals surface area contributed by atoms with Crippen LogP contribution in [-0.2, 0) is 9.53 Å². The minimum absolute atomic E-state index is 0.0113. The molecule has 208 valence electrons. The fourth-order valence-corrected chi connectivity index (χ4v) is 5.51. The molecule has 1 aliphatic rings. The van der Waals surface area contributed by atoms with Crippen molar-refractivity contribution in [1.82, 2.24) is 4.90 Å². The molecule has 0 aromatic carbocycles. The first kappa shape index (κ1) is 32.4. The Morgan fingerprint density at radius 2 is 1.29 bits per heavy atom. The summed E-state index contributed by atoms with van der Waals surface area (Å²) in [6.45, 7) is 10.2. The maximum atomic E-state index is 12.9. The summed E-state index contributed by atoms with van der Waals surface area (Å²) in [5.41, 5.74) is 0.